The molecular formula is C28H42Cl2N4O5. The van der Waals surface area contributed by atoms with Crippen LogP contribution in [0.2, 0.25) is 10.0 Å². The molecule has 1 heterocycles. The first-order chi connectivity index (χ1) is 18.5. The van der Waals surface area contributed by atoms with E-state index in [0.29, 0.717) is 41.0 Å². The molecule has 1 aromatic rings. The van der Waals surface area contributed by atoms with Crippen molar-refractivity contribution in [1.82, 2.24) is 15.5 Å². The summed E-state index contributed by atoms with van der Waals surface area (Å²) in [5.41, 5.74) is 1.35. The first kappa shape index (κ1) is 36.1. The lowest BCUT2D eigenvalue weighted by molar-refractivity contribution is -0.137. The maximum Gasteiger partial charge on any atom is 0.253 e. The number of imide groups is 1. The number of carbonyl (C=O) groups is 5. The second kappa shape index (κ2) is 20.1. The van der Waals surface area contributed by atoms with Gasteiger partial charge in [-0.25, -0.2) is 0 Å². The monoisotopic (exact) mass is 584 g/mol. The van der Waals surface area contributed by atoms with Crippen molar-refractivity contribution in [3.05, 3.63) is 39.9 Å². The summed E-state index contributed by atoms with van der Waals surface area (Å²) in [7, 11) is 0. The van der Waals surface area contributed by atoms with Crippen molar-refractivity contribution >= 4 is 58.9 Å². The van der Waals surface area contributed by atoms with Gasteiger partial charge in [0.25, 0.3) is 11.8 Å². The fourth-order valence-corrected chi connectivity index (χ4v) is 3.98. The summed E-state index contributed by atoms with van der Waals surface area (Å²) in [4.78, 5) is 56.8. The third kappa shape index (κ3) is 14.2. The maximum atomic E-state index is 11.6. The number of anilines is 1. The highest BCUT2D eigenvalue weighted by atomic mass is 35.5. The van der Waals surface area contributed by atoms with Crippen LogP contribution in [0.15, 0.2) is 24.3 Å². The van der Waals surface area contributed by atoms with E-state index in [2.05, 4.69) is 29.8 Å². The molecule has 0 spiro atoms. The predicted molar refractivity (Wildman–Crippen MR) is 157 cm³/mol. The molecule has 1 unspecified atom stereocenters. The Kier molecular flexibility index (Phi) is 18.6. The van der Waals surface area contributed by atoms with Crippen molar-refractivity contribution in [3.8, 4) is 0 Å². The third-order valence-electron chi connectivity index (χ3n) is 5.70. The lowest BCUT2D eigenvalue weighted by Crippen LogP contribution is -2.35. The van der Waals surface area contributed by atoms with Crippen molar-refractivity contribution < 1.29 is 24.0 Å². The molecule has 0 aliphatic carbocycles. The summed E-state index contributed by atoms with van der Waals surface area (Å²) in [6.45, 7) is 12.4. The number of hydrogen-bond acceptors (Lipinski definition) is 5. The quantitative estimate of drug-likeness (QED) is 0.173. The molecule has 0 fully saturated rings. The van der Waals surface area contributed by atoms with Crippen LogP contribution in [0.4, 0.5) is 5.69 Å². The maximum absolute atomic E-state index is 11.6. The molecule has 218 valence electrons. The van der Waals surface area contributed by atoms with Gasteiger partial charge in [-0.3, -0.25) is 28.9 Å². The molecule has 0 bridgehead atoms. The minimum absolute atomic E-state index is 0.0705. The fraction of sp³-hybridized carbons (Fsp3) is 0.536. The molecule has 0 radical (unpaired) electrons. The van der Waals surface area contributed by atoms with E-state index in [1.54, 1.807) is 12.1 Å². The molecule has 1 atom stereocenters. The number of amides is 5. The zero-order valence-corrected chi connectivity index (χ0v) is 25.2. The van der Waals surface area contributed by atoms with E-state index in [0.717, 1.165) is 31.2 Å². The lowest BCUT2D eigenvalue weighted by atomic mass is 10.1. The normalized spacial score (nSPS) is 12.7. The van der Waals surface area contributed by atoms with Crippen LogP contribution >= 0.6 is 23.2 Å². The zero-order valence-electron chi connectivity index (χ0n) is 23.7. The van der Waals surface area contributed by atoms with Crippen LogP contribution in [-0.2, 0) is 30.4 Å². The van der Waals surface area contributed by atoms with E-state index < -0.39 is 0 Å². The second-order valence-corrected chi connectivity index (χ2v) is 9.71. The Bertz CT molecular complexity index is 957. The van der Waals surface area contributed by atoms with Crippen LogP contribution in [0.25, 0.3) is 0 Å². The molecule has 39 heavy (non-hydrogen) atoms. The number of rotatable bonds is 13. The Morgan fingerprint density at radius 3 is 2.00 bits per heavy atom. The molecule has 1 aliphatic heterocycles. The van der Waals surface area contributed by atoms with Crippen LogP contribution in [0.5, 0.6) is 0 Å². The Balaban J connectivity index is 0.000000704. The number of unbranched alkanes of at least 4 members (excludes halogenated alkanes) is 2. The molecule has 1 aromatic carbocycles. The van der Waals surface area contributed by atoms with Gasteiger partial charge in [0, 0.05) is 46.9 Å². The van der Waals surface area contributed by atoms with E-state index >= 15 is 0 Å². The molecule has 1 aliphatic rings. The standard InChI is InChI=1S/C15H24N2O3.C11H12Cl2N2O2.C2H6/c1-11(2)12(3)16-13(18)7-5-4-6-10-17-14(19)8-9-15(17)20;1-2-8-9(12)3-7(4-10(8)13)15-11(17)5-14-6-16;1-2/h8-9,11-12H,4-7,10H2,1-3H3,(H,16,18);3-4,6H,2,5H2,1H3,(H,14,16)(H,15,17);1-2H3. The van der Waals surface area contributed by atoms with Crippen molar-refractivity contribution in [2.24, 2.45) is 5.92 Å². The van der Waals surface area contributed by atoms with Crippen LogP contribution in [0.3, 0.4) is 0 Å². The lowest BCUT2D eigenvalue weighted by Gasteiger charge is -2.17. The SMILES string of the molecule is CC.CC(C)C(C)NC(=O)CCCCCN1C(=O)C=CC1=O.CCc1c(Cl)cc(NC(=O)CNC=O)cc1Cl. The van der Waals surface area contributed by atoms with Gasteiger partial charge in [-0.2, -0.15) is 0 Å². The summed E-state index contributed by atoms with van der Waals surface area (Å²) in [5.74, 6) is -0.315. The van der Waals surface area contributed by atoms with E-state index in [1.165, 1.54) is 17.1 Å². The summed E-state index contributed by atoms with van der Waals surface area (Å²) in [6, 6.07) is 3.45. The largest absolute Gasteiger partial charge is 0.353 e. The van der Waals surface area contributed by atoms with Gasteiger partial charge in [0.1, 0.15) is 0 Å². The van der Waals surface area contributed by atoms with E-state index in [1.807, 2.05) is 27.7 Å². The number of benzene rings is 1. The van der Waals surface area contributed by atoms with Crippen LogP contribution in [0.1, 0.15) is 72.8 Å². The molecule has 9 nitrogen and oxygen atoms in total. The van der Waals surface area contributed by atoms with Gasteiger partial charge in [0.05, 0.1) is 6.54 Å². The topological polar surface area (TPSA) is 125 Å². The minimum atomic E-state index is -0.339. The molecule has 0 saturated carbocycles. The zero-order chi connectivity index (χ0) is 30.0. The highest BCUT2D eigenvalue weighted by molar-refractivity contribution is 6.36. The molecule has 3 N–H and O–H groups in total. The number of halogens is 2. The number of nitrogens with zero attached hydrogens (tertiary/aromatic N) is 1. The molecule has 11 heteroatoms. The molecular weight excluding hydrogens is 543 g/mol. The minimum Gasteiger partial charge on any atom is -0.353 e. The van der Waals surface area contributed by atoms with E-state index in [4.69, 9.17) is 23.2 Å². The van der Waals surface area contributed by atoms with E-state index in [9.17, 15) is 24.0 Å². The van der Waals surface area contributed by atoms with Gasteiger partial charge in [-0.05, 0) is 49.8 Å². The highest BCUT2D eigenvalue weighted by Gasteiger charge is 2.22. The van der Waals surface area contributed by atoms with Crippen LogP contribution < -0.4 is 16.0 Å². The fourth-order valence-electron chi connectivity index (χ4n) is 3.23. The van der Waals surface area contributed by atoms with E-state index in [-0.39, 0.29) is 36.2 Å². The molecule has 0 saturated heterocycles. The smallest absolute Gasteiger partial charge is 0.253 e. The summed E-state index contributed by atoms with van der Waals surface area (Å²) in [6.07, 6.45) is 6.62. The Hall–Kier alpha value is -2.91. The van der Waals surface area contributed by atoms with Gasteiger partial charge in [0.15, 0.2) is 0 Å². The number of nitrogens with one attached hydrogen (secondary N) is 3. The number of hydrogen-bond donors (Lipinski definition) is 3. The predicted octanol–water partition coefficient (Wildman–Crippen LogP) is 4.90. The van der Waals surface area contributed by atoms with Gasteiger partial charge >= 0.3 is 0 Å². The summed E-state index contributed by atoms with van der Waals surface area (Å²) >= 11 is 12.0. The van der Waals surface area contributed by atoms with Gasteiger partial charge in [0.2, 0.25) is 18.2 Å². The average Bonchev–Trinajstić information content (AvgIpc) is 3.20. The first-order valence-corrected chi connectivity index (χ1v) is 14.0. The molecule has 0 aromatic heterocycles. The van der Waals surface area contributed by atoms with Crippen molar-refractivity contribution in [2.45, 2.75) is 79.7 Å². The number of carbonyl (C=O) groups excluding carboxylic acids is 5. The van der Waals surface area contributed by atoms with Crippen LogP contribution in [0, 0.1) is 5.92 Å². The second-order valence-electron chi connectivity index (χ2n) is 8.89. The van der Waals surface area contributed by atoms with Crippen molar-refractivity contribution in [2.75, 3.05) is 18.4 Å². The first-order valence-electron chi connectivity index (χ1n) is 13.3. The van der Waals surface area contributed by atoms with Crippen LogP contribution in [-0.4, -0.2) is 54.1 Å². The third-order valence-corrected chi connectivity index (χ3v) is 6.37. The highest BCUT2D eigenvalue weighted by Crippen LogP contribution is 2.29. The summed E-state index contributed by atoms with van der Waals surface area (Å²) < 4.78 is 0. The van der Waals surface area contributed by atoms with Gasteiger partial charge < -0.3 is 16.0 Å². The molecule has 2 rings (SSSR count). The molecule has 5 amide bonds. The summed E-state index contributed by atoms with van der Waals surface area (Å²) in [5, 5.41) is 8.83. The Labute approximate surface area is 242 Å². The van der Waals surface area contributed by atoms with Crippen molar-refractivity contribution in [1.29, 1.82) is 0 Å². The van der Waals surface area contributed by atoms with Gasteiger partial charge in [-0.1, -0.05) is 64.2 Å². The van der Waals surface area contributed by atoms with Crippen molar-refractivity contribution in [3.63, 3.8) is 0 Å². The Morgan fingerprint density at radius 1 is 0.949 bits per heavy atom. The Morgan fingerprint density at radius 2 is 1.51 bits per heavy atom. The average molecular weight is 586 g/mol. The van der Waals surface area contributed by atoms with Gasteiger partial charge in [-0.15, -0.1) is 0 Å².